The Morgan fingerprint density at radius 1 is 1.14 bits per heavy atom. The third-order valence-corrected chi connectivity index (χ3v) is 6.89. The number of halogens is 1. The van der Waals surface area contributed by atoms with Crippen LogP contribution in [0, 0.1) is 5.82 Å². The van der Waals surface area contributed by atoms with Gasteiger partial charge in [0.05, 0.1) is 22.7 Å². The third-order valence-electron chi connectivity index (χ3n) is 6.89. The van der Waals surface area contributed by atoms with Crippen LogP contribution in [0.5, 0.6) is 0 Å². The molecule has 9 heteroatoms. The Bertz CT molecular complexity index is 1430. The van der Waals surface area contributed by atoms with Crippen molar-refractivity contribution < 1.29 is 9.18 Å². The number of aryl methyl sites for hydroxylation is 1. The predicted octanol–water partition coefficient (Wildman–Crippen LogP) is 5.27. The lowest BCUT2D eigenvalue weighted by molar-refractivity contribution is 0.102. The highest BCUT2D eigenvalue weighted by atomic mass is 19.1. The first kappa shape index (κ1) is 21.9. The molecule has 1 amide bonds. The molecule has 6 rings (SSSR count). The third kappa shape index (κ3) is 3.98. The minimum atomic E-state index is -0.386. The monoisotopic (exact) mass is 473 g/mol. The first-order valence-corrected chi connectivity index (χ1v) is 12.4. The molecule has 8 nitrogen and oxygen atoms in total. The molecule has 1 saturated carbocycles. The minimum Gasteiger partial charge on any atom is -0.322 e. The van der Waals surface area contributed by atoms with Gasteiger partial charge in [-0.3, -0.25) is 4.79 Å². The zero-order valence-corrected chi connectivity index (χ0v) is 20.0. The lowest BCUT2D eigenvalue weighted by atomic mass is 10.1. The van der Waals surface area contributed by atoms with E-state index in [2.05, 4.69) is 20.6 Å². The second-order valence-electron chi connectivity index (χ2n) is 9.84. The van der Waals surface area contributed by atoms with Crippen molar-refractivity contribution in [2.75, 3.05) is 5.32 Å². The summed E-state index contributed by atoms with van der Waals surface area (Å²) in [6, 6.07) is 6.60. The van der Waals surface area contributed by atoms with Crippen LogP contribution in [-0.2, 0) is 13.0 Å². The predicted molar refractivity (Wildman–Crippen MR) is 131 cm³/mol. The molecular formula is C26H28FN7O. The van der Waals surface area contributed by atoms with E-state index >= 15 is 0 Å². The molecule has 35 heavy (non-hydrogen) atoms. The summed E-state index contributed by atoms with van der Waals surface area (Å²) in [7, 11) is 0. The number of carbonyl (C=O) groups is 1. The van der Waals surface area contributed by atoms with E-state index in [1.54, 1.807) is 18.3 Å². The molecule has 2 aliphatic rings. The van der Waals surface area contributed by atoms with Crippen LogP contribution in [0.1, 0.15) is 79.8 Å². The lowest BCUT2D eigenvalue weighted by Gasteiger charge is -2.12. The van der Waals surface area contributed by atoms with E-state index in [1.165, 1.54) is 6.07 Å². The van der Waals surface area contributed by atoms with E-state index in [1.807, 2.05) is 29.2 Å². The molecule has 4 heterocycles. The summed E-state index contributed by atoms with van der Waals surface area (Å²) in [6.45, 7) is 4.86. The summed E-state index contributed by atoms with van der Waals surface area (Å²) in [6.07, 6.45) is 7.91. The number of hydrogen-bond donors (Lipinski definition) is 1. The first-order chi connectivity index (χ1) is 17.0. The van der Waals surface area contributed by atoms with E-state index in [0.717, 1.165) is 62.2 Å². The molecule has 0 spiro atoms. The summed E-state index contributed by atoms with van der Waals surface area (Å²) in [4.78, 5) is 18.3. The van der Waals surface area contributed by atoms with Crippen LogP contribution >= 0.6 is 0 Å². The van der Waals surface area contributed by atoms with Crippen LogP contribution in [-0.4, -0.2) is 35.4 Å². The van der Waals surface area contributed by atoms with Gasteiger partial charge in [-0.2, -0.15) is 5.10 Å². The van der Waals surface area contributed by atoms with Crippen LogP contribution in [0.3, 0.4) is 0 Å². The molecule has 0 saturated heterocycles. The molecule has 0 atom stereocenters. The van der Waals surface area contributed by atoms with Crippen LogP contribution in [0.2, 0.25) is 0 Å². The molecule has 0 bridgehead atoms. The summed E-state index contributed by atoms with van der Waals surface area (Å²) in [5.74, 6) is 1.14. The van der Waals surface area contributed by atoms with Gasteiger partial charge in [0.1, 0.15) is 11.6 Å². The van der Waals surface area contributed by atoms with Gasteiger partial charge in [-0.25, -0.2) is 14.1 Å². The molecule has 3 aromatic heterocycles. The number of benzene rings is 1. The first-order valence-electron chi connectivity index (χ1n) is 12.4. The van der Waals surface area contributed by atoms with Gasteiger partial charge in [0, 0.05) is 36.3 Å². The van der Waals surface area contributed by atoms with Crippen LogP contribution in [0.4, 0.5) is 10.1 Å². The molecule has 1 aliphatic heterocycles. The highest BCUT2D eigenvalue weighted by molar-refractivity contribution is 6.12. The molecule has 1 fully saturated rings. The van der Waals surface area contributed by atoms with Crippen molar-refractivity contribution in [3.05, 3.63) is 53.4 Å². The van der Waals surface area contributed by atoms with Crippen molar-refractivity contribution in [2.45, 2.75) is 70.9 Å². The van der Waals surface area contributed by atoms with E-state index in [-0.39, 0.29) is 17.8 Å². The standard InChI is InChI=1S/C26H28FN7O/c1-15(2)34-24-20(14-28-34)18(13-22(30-24)16-7-8-16)26(35)29-17-9-10-21(27)19(12-17)25-32-31-23-6-4-3-5-11-33(23)25/h9-10,12-16H,3-8,11H2,1-2H3,(H,29,35). The molecule has 4 aromatic rings. The number of aromatic nitrogens is 6. The Hall–Kier alpha value is -3.62. The molecule has 0 unspecified atom stereocenters. The molecule has 1 aromatic carbocycles. The summed E-state index contributed by atoms with van der Waals surface area (Å²) >= 11 is 0. The largest absolute Gasteiger partial charge is 0.322 e. The van der Waals surface area contributed by atoms with Crippen molar-refractivity contribution in [2.24, 2.45) is 0 Å². The summed E-state index contributed by atoms with van der Waals surface area (Å²) in [5, 5.41) is 16.7. The quantitative estimate of drug-likeness (QED) is 0.427. The second kappa shape index (κ2) is 8.55. The fourth-order valence-corrected chi connectivity index (χ4v) is 4.85. The average molecular weight is 474 g/mol. The maximum absolute atomic E-state index is 14.9. The van der Waals surface area contributed by atoms with Gasteiger partial charge >= 0.3 is 0 Å². The van der Waals surface area contributed by atoms with Gasteiger partial charge in [0.25, 0.3) is 5.91 Å². The Labute approximate surface area is 202 Å². The summed E-state index contributed by atoms with van der Waals surface area (Å²) < 4.78 is 18.7. The Balaban J connectivity index is 1.36. The van der Waals surface area contributed by atoms with Gasteiger partial charge in [0.2, 0.25) is 0 Å². The number of amides is 1. The topological polar surface area (TPSA) is 90.5 Å². The smallest absolute Gasteiger partial charge is 0.256 e. The maximum atomic E-state index is 14.9. The number of nitrogens with one attached hydrogen (secondary N) is 1. The van der Waals surface area contributed by atoms with E-state index < -0.39 is 0 Å². The van der Waals surface area contributed by atoms with E-state index in [4.69, 9.17) is 4.98 Å². The van der Waals surface area contributed by atoms with Crippen molar-refractivity contribution in [1.82, 2.24) is 29.5 Å². The Morgan fingerprint density at radius 2 is 2.00 bits per heavy atom. The number of pyridine rings is 1. The fraction of sp³-hybridized carbons (Fsp3) is 0.423. The number of anilines is 1. The van der Waals surface area contributed by atoms with E-state index in [9.17, 15) is 9.18 Å². The van der Waals surface area contributed by atoms with Gasteiger partial charge < -0.3 is 9.88 Å². The van der Waals surface area contributed by atoms with Crippen molar-refractivity contribution >= 4 is 22.6 Å². The van der Waals surface area contributed by atoms with Gasteiger partial charge in [-0.1, -0.05) is 6.42 Å². The maximum Gasteiger partial charge on any atom is 0.256 e. The molecule has 0 radical (unpaired) electrons. The minimum absolute atomic E-state index is 0.128. The number of rotatable bonds is 5. The van der Waals surface area contributed by atoms with Crippen LogP contribution in [0.25, 0.3) is 22.4 Å². The fourth-order valence-electron chi connectivity index (χ4n) is 4.85. The highest BCUT2D eigenvalue weighted by Gasteiger charge is 2.28. The number of nitrogens with zero attached hydrogens (tertiary/aromatic N) is 6. The summed E-state index contributed by atoms with van der Waals surface area (Å²) in [5.41, 5.74) is 3.03. The molecule has 180 valence electrons. The molecular weight excluding hydrogens is 445 g/mol. The van der Waals surface area contributed by atoms with Crippen molar-refractivity contribution in [3.63, 3.8) is 0 Å². The van der Waals surface area contributed by atoms with Gasteiger partial charge in [-0.15, -0.1) is 10.2 Å². The number of carbonyl (C=O) groups excluding carboxylic acids is 1. The van der Waals surface area contributed by atoms with Gasteiger partial charge in [0.15, 0.2) is 11.5 Å². The normalized spacial score (nSPS) is 15.9. The Kier molecular flexibility index (Phi) is 5.35. The molecule has 1 N–H and O–H groups in total. The number of hydrogen-bond acceptors (Lipinski definition) is 5. The zero-order chi connectivity index (χ0) is 24.1. The number of fused-ring (bicyclic) bond motifs is 2. The van der Waals surface area contributed by atoms with Crippen LogP contribution in [0.15, 0.2) is 30.5 Å². The zero-order valence-electron chi connectivity index (χ0n) is 20.0. The van der Waals surface area contributed by atoms with Gasteiger partial charge in [-0.05, 0) is 63.8 Å². The lowest BCUT2D eigenvalue weighted by Crippen LogP contribution is -2.14. The van der Waals surface area contributed by atoms with Crippen molar-refractivity contribution in [3.8, 4) is 11.4 Å². The van der Waals surface area contributed by atoms with Crippen LogP contribution < -0.4 is 5.32 Å². The van der Waals surface area contributed by atoms with Crippen molar-refractivity contribution in [1.29, 1.82) is 0 Å². The molecule has 1 aliphatic carbocycles. The average Bonchev–Trinajstić information content (AvgIpc) is 3.55. The second-order valence-corrected chi connectivity index (χ2v) is 9.84. The highest BCUT2D eigenvalue weighted by Crippen LogP contribution is 2.40. The SMILES string of the molecule is CC(C)n1ncc2c(C(=O)Nc3ccc(F)c(-c4nnc5n4CCCCC5)c3)cc(C3CC3)nc21. The van der Waals surface area contributed by atoms with E-state index in [0.29, 0.717) is 33.9 Å². The Morgan fingerprint density at radius 3 is 2.80 bits per heavy atom.